The van der Waals surface area contributed by atoms with Crippen LogP contribution in [0.3, 0.4) is 0 Å². The Labute approximate surface area is 152 Å². The molecular formula is C17H24BrN3OS. The summed E-state index contributed by atoms with van der Waals surface area (Å²) in [4.78, 5) is 14.2. The van der Waals surface area contributed by atoms with Gasteiger partial charge in [-0.25, -0.2) is 0 Å². The molecule has 1 saturated heterocycles. The van der Waals surface area contributed by atoms with Crippen LogP contribution in [0.1, 0.15) is 40.0 Å². The maximum Gasteiger partial charge on any atom is 0.224 e. The molecule has 1 amide bonds. The Hall–Kier alpha value is -1.14. The number of nitrogens with one attached hydrogen (secondary N) is 2. The maximum atomic E-state index is 12.0. The highest BCUT2D eigenvalue weighted by atomic mass is 79.9. The Bertz CT molecular complexity index is 574. The van der Waals surface area contributed by atoms with Gasteiger partial charge < -0.3 is 15.5 Å². The summed E-state index contributed by atoms with van der Waals surface area (Å²) >= 11 is 8.84. The largest absolute Gasteiger partial charge is 0.358 e. The number of benzene rings is 1. The quantitative estimate of drug-likeness (QED) is 0.739. The summed E-state index contributed by atoms with van der Waals surface area (Å²) in [5.74, 6) is 0.0381. The molecule has 2 rings (SSSR count). The minimum atomic E-state index is 0.0381. The zero-order chi connectivity index (χ0) is 17.0. The van der Waals surface area contributed by atoms with Crippen molar-refractivity contribution in [3.63, 3.8) is 0 Å². The SMILES string of the molecule is C[C@H]1CC(C)(C)NC(=S)N1CCCC(=O)Nc1ccc(Br)cc1. The van der Waals surface area contributed by atoms with Gasteiger partial charge in [0.2, 0.25) is 5.91 Å². The van der Waals surface area contributed by atoms with Crippen LogP contribution in [0.2, 0.25) is 0 Å². The molecule has 2 N–H and O–H groups in total. The minimum Gasteiger partial charge on any atom is -0.358 e. The van der Waals surface area contributed by atoms with Crippen LogP contribution < -0.4 is 10.6 Å². The number of anilines is 1. The van der Waals surface area contributed by atoms with Gasteiger partial charge in [-0.2, -0.15) is 0 Å². The van der Waals surface area contributed by atoms with Crippen molar-refractivity contribution in [3.05, 3.63) is 28.7 Å². The Morgan fingerprint density at radius 2 is 2.09 bits per heavy atom. The monoisotopic (exact) mass is 397 g/mol. The van der Waals surface area contributed by atoms with Crippen molar-refractivity contribution in [2.75, 3.05) is 11.9 Å². The molecule has 4 nitrogen and oxygen atoms in total. The second kappa shape index (κ2) is 7.62. The lowest BCUT2D eigenvalue weighted by atomic mass is 9.93. The Morgan fingerprint density at radius 3 is 2.70 bits per heavy atom. The first-order valence-corrected chi connectivity index (χ1v) is 9.11. The molecule has 1 aromatic rings. The van der Waals surface area contributed by atoms with E-state index in [0.29, 0.717) is 12.5 Å². The van der Waals surface area contributed by atoms with Gasteiger partial charge >= 0.3 is 0 Å². The second-order valence-corrected chi connectivity index (χ2v) is 8.02. The Balaban J connectivity index is 1.77. The van der Waals surface area contributed by atoms with Gasteiger partial charge in [0, 0.05) is 34.7 Å². The molecule has 1 heterocycles. The fourth-order valence-electron chi connectivity index (χ4n) is 2.95. The standard InChI is InChI=1S/C17H24BrN3OS/c1-12-11-17(2,3)20-16(23)21(12)10-4-5-15(22)19-14-8-6-13(18)7-9-14/h6-9,12H,4-5,10-11H2,1-3H3,(H,19,22)(H,20,23)/t12-/m0/s1. The second-order valence-electron chi connectivity index (χ2n) is 6.72. The molecule has 0 radical (unpaired) electrons. The summed E-state index contributed by atoms with van der Waals surface area (Å²) < 4.78 is 0.999. The molecule has 1 aliphatic rings. The summed E-state index contributed by atoms with van der Waals surface area (Å²) in [5.41, 5.74) is 0.870. The van der Waals surface area contributed by atoms with Crippen LogP contribution in [0.5, 0.6) is 0 Å². The van der Waals surface area contributed by atoms with Gasteiger partial charge in [0.1, 0.15) is 0 Å². The van der Waals surface area contributed by atoms with Crippen molar-refractivity contribution in [1.82, 2.24) is 10.2 Å². The van der Waals surface area contributed by atoms with Crippen LogP contribution in [-0.4, -0.2) is 34.0 Å². The molecule has 23 heavy (non-hydrogen) atoms. The fraction of sp³-hybridized carbons (Fsp3) is 0.529. The first-order valence-electron chi connectivity index (χ1n) is 7.91. The van der Waals surface area contributed by atoms with Crippen LogP contribution >= 0.6 is 28.1 Å². The number of carbonyl (C=O) groups excluding carboxylic acids is 1. The minimum absolute atomic E-state index is 0.0381. The lowest BCUT2D eigenvalue weighted by Crippen LogP contribution is -2.60. The van der Waals surface area contributed by atoms with Crippen LogP contribution in [-0.2, 0) is 4.79 Å². The zero-order valence-corrected chi connectivity index (χ0v) is 16.3. The van der Waals surface area contributed by atoms with E-state index in [1.165, 1.54) is 0 Å². The lowest BCUT2D eigenvalue weighted by molar-refractivity contribution is -0.116. The van der Waals surface area contributed by atoms with Gasteiger partial charge in [-0.3, -0.25) is 4.79 Å². The van der Waals surface area contributed by atoms with Crippen LogP contribution in [0.25, 0.3) is 0 Å². The van der Waals surface area contributed by atoms with Crippen molar-refractivity contribution >= 4 is 44.9 Å². The molecule has 1 atom stereocenters. The topological polar surface area (TPSA) is 44.4 Å². The number of thiocarbonyl (C=S) groups is 1. The number of hydrogen-bond acceptors (Lipinski definition) is 2. The molecule has 1 fully saturated rings. The van der Waals surface area contributed by atoms with Crippen molar-refractivity contribution in [2.24, 2.45) is 0 Å². The molecule has 0 unspecified atom stereocenters. The highest BCUT2D eigenvalue weighted by molar-refractivity contribution is 9.10. The molecule has 0 bridgehead atoms. The van der Waals surface area contributed by atoms with Gasteiger partial charge in [-0.05, 0) is 70.1 Å². The highest BCUT2D eigenvalue weighted by Crippen LogP contribution is 2.22. The molecule has 1 aromatic carbocycles. The molecule has 6 heteroatoms. The molecule has 1 aliphatic heterocycles. The van der Waals surface area contributed by atoms with E-state index in [1.807, 2.05) is 24.3 Å². The summed E-state index contributed by atoms with van der Waals surface area (Å²) in [5, 5.41) is 7.08. The van der Waals surface area contributed by atoms with Crippen molar-refractivity contribution in [1.29, 1.82) is 0 Å². The van der Waals surface area contributed by atoms with Crippen molar-refractivity contribution in [3.8, 4) is 0 Å². The van der Waals surface area contributed by atoms with Crippen LogP contribution in [0, 0.1) is 0 Å². The third-order valence-corrected chi connectivity index (χ3v) is 4.84. The third kappa shape index (κ3) is 5.46. The highest BCUT2D eigenvalue weighted by Gasteiger charge is 2.32. The number of halogens is 1. The van der Waals surface area contributed by atoms with Crippen LogP contribution in [0.15, 0.2) is 28.7 Å². The fourth-order valence-corrected chi connectivity index (χ4v) is 3.76. The zero-order valence-electron chi connectivity index (χ0n) is 13.9. The summed E-state index contributed by atoms with van der Waals surface area (Å²) in [6, 6.07) is 7.99. The maximum absolute atomic E-state index is 12.0. The van der Waals surface area contributed by atoms with Gasteiger partial charge in [-0.15, -0.1) is 0 Å². The van der Waals surface area contributed by atoms with E-state index in [2.05, 4.69) is 52.2 Å². The first-order chi connectivity index (χ1) is 10.8. The number of hydrogen-bond donors (Lipinski definition) is 2. The third-order valence-electron chi connectivity index (χ3n) is 3.97. The Morgan fingerprint density at radius 1 is 1.43 bits per heavy atom. The molecule has 126 valence electrons. The van der Waals surface area contributed by atoms with Crippen molar-refractivity contribution in [2.45, 2.75) is 51.6 Å². The average molecular weight is 398 g/mol. The molecule has 0 saturated carbocycles. The lowest BCUT2D eigenvalue weighted by Gasteiger charge is -2.44. The number of amides is 1. The van der Waals surface area contributed by atoms with E-state index in [0.717, 1.165) is 34.7 Å². The van der Waals surface area contributed by atoms with E-state index < -0.39 is 0 Å². The first kappa shape index (κ1) is 18.2. The Kier molecular flexibility index (Phi) is 6.03. The van der Waals surface area contributed by atoms with E-state index in [1.54, 1.807) is 0 Å². The summed E-state index contributed by atoms with van der Waals surface area (Å²) in [7, 11) is 0. The smallest absolute Gasteiger partial charge is 0.224 e. The molecule has 0 aliphatic carbocycles. The molecule has 0 aromatic heterocycles. The number of rotatable bonds is 5. The van der Waals surface area contributed by atoms with E-state index >= 15 is 0 Å². The van der Waals surface area contributed by atoms with Gasteiger partial charge in [-0.1, -0.05) is 15.9 Å². The van der Waals surface area contributed by atoms with E-state index in [9.17, 15) is 4.79 Å². The molecule has 0 spiro atoms. The summed E-state index contributed by atoms with van der Waals surface area (Å²) in [6.07, 6.45) is 2.32. The predicted molar refractivity (Wildman–Crippen MR) is 103 cm³/mol. The average Bonchev–Trinajstić information content (AvgIpc) is 2.43. The van der Waals surface area contributed by atoms with Gasteiger partial charge in [0.25, 0.3) is 0 Å². The summed E-state index contributed by atoms with van der Waals surface area (Å²) in [6.45, 7) is 7.32. The number of carbonyl (C=O) groups is 1. The van der Waals surface area contributed by atoms with E-state index in [-0.39, 0.29) is 11.4 Å². The van der Waals surface area contributed by atoms with Crippen molar-refractivity contribution < 1.29 is 4.79 Å². The van der Waals surface area contributed by atoms with Crippen LogP contribution in [0.4, 0.5) is 5.69 Å². The molecular weight excluding hydrogens is 374 g/mol. The predicted octanol–water partition coefficient (Wildman–Crippen LogP) is 3.92. The van der Waals surface area contributed by atoms with Gasteiger partial charge in [0.15, 0.2) is 5.11 Å². The number of nitrogens with zero attached hydrogens (tertiary/aromatic N) is 1. The van der Waals surface area contributed by atoms with E-state index in [4.69, 9.17) is 12.2 Å². The normalized spacial score (nSPS) is 20.1. The van der Waals surface area contributed by atoms with Gasteiger partial charge in [0.05, 0.1) is 0 Å².